The highest BCUT2D eigenvalue weighted by atomic mass is 16.5. The van der Waals surface area contributed by atoms with Crippen LogP contribution >= 0.6 is 0 Å². The molecule has 1 unspecified atom stereocenters. The zero-order valence-electron chi connectivity index (χ0n) is 11.5. The van der Waals surface area contributed by atoms with Crippen LogP contribution in [-0.4, -0.2) is 22.8 Å². The smallest absolute Gasteiger partial charge is 0.0948 e. The second kappa shape index (κ2) is 6.34. The van der Waals surface area contributed by atoms with E-state index in [2.05, 4.69) is 23.4 Å². The lowest BCUT2D eigenvalue weighted by Gasteiger charge is -2.17. The topological polar surface area (TPSA) is 53.1 Å². The fourth-order valence-corrected chi connectivity index (χ4v) is 2.01. The Hall–Kier alpha value is -0.870. The largest absolute Gasteiger partial charge is 0.381 e. The maximum absolute atomic E-state index is 6.17. The van der Waals surface area contributed by atoms with Crippen LogP contribution in [0.25, 0.3) is 0 Å². The monoisotopic (exact) mass is 251 g/mol. The summed E-state index contributed by atoms with van der Waals surface area (Å²) < 4.78 is 7.80. The first-order valence-corrected chi connectivity index (χ1v) is 7.02. The lowest BCUT2D eigenvalue weighted by atomic mass is 10.0. The summed E-state index contributed by atoms with van der Waals surface area (Å²) in [5.74, 6) is 1.29. The van der Waals surface area contributed by atoms with Crippen molar-refractivity contribution in [2.45, 2.75) is 45.7 Å². The number of aromatic nitrogens is 2. The van der Waals surface area contributed by atoms with Crippen molar-refractivity contribution >= 4 is 0 Å². The number of nitrogens with two attached hydrogens (primary N) is 1. The van der Waals surface area contributed by atoms with E-state index < -0.39 is 0 Å². The Morgan fingerprint density at radius 2 is 2.28 bits per heavy atom. The molecule has 1 fully saturated rings. The van der Waals surface area contributed by atoms with E-state index in [1.165, 1.54) is 12.8 Å². The number of rotatable bonds is 8. The highest BCUT2D eigenvalue weighted by Crippen LogP contribution is 2.28. The number of nitrogens with zero attached hydrogens (tertiary/aromatic N) is 2. The zero-order chi connectivity index (χ0) is 13.0. The number of imidazole rings is 1. The summed E-state index contributed by atoms with van der Waals surface area (Å²) in [4.78, 5) is 4.20. The van der Waals surface area contributed by atoms with Crippen LogP contribution in [0.1, 0.15) is 44.8 Å². The van der Waals surface area contributed by atoms with Crippen molar-refractivity contribution in [2.75, 3.05) is 13.2 Å². The van der Waals surface area contributed by atoms with Crippen LogP contribution in [0.3, 0.4) is 0 Å². The first-order chi connectivity index (χ1) is 8.68. The summed E-state index contributed by atoms with van der Waals surface area (Å²) in [5, 5.41) is 0. The van der Waals surface area contributed by atoms with E-state index in [1.807, 2.05) is 12.5 Å². The summed E-state index contributed by atoms with van der Waals surface area (Å²) in [6, 6.07) is 0.0693. The average molecular weight is 251 g/mol. The molecule has 0 spiro atoms. The Bertz CT molecular complexity index is 358. The van der Waals surface area contributed by atoms with Gasteiger partial charge in [-0.05, 0) is 31.1 Å². The van der Waals surface area contributed by atoms with Gasteiger partial charge in [0.15, 0.2) is 0 Å². The molecular weight excluding hydrogens is 226 g/mol. The molecule has 1 aliphatic rings. The predicted molar refractivity (Wildman–Crippen MR) is 72.2 cm³/mol. The highest BCUT2D eigenvalue weighted by molar-refractivity contribution is 5.05. The molecule has 4 heteroatoms. The predicted octanol–water partition coefficient (Wildman–Crippen LogP) is 2.36. The van der Waals surface area contributed by atoms with Crippen molar-refractivity contribution in [3.05, 3.63) is 18.2 Å². The van der Waals surface area contributed by atoms with Gasteiger partial charge in [0.2, 0.25) is 0 Å². The van der Waals surface area contributed by atoms with Gasteiger partial charge in [-0.3, -0.25) is 0 Å². The Labute approximate surface area is 110 Å². The van der Waals surface area contributed by atoms with E-state index >= 15 is 0 Å². The van der Waals surface area contributed by atoms with Crippen LogP contribution in [0, 0.1) is 11.8 Å². The third kappa shape index (κ3) is 3.82. The molecule has 2 rings (SSSR count). The summed E-state index contributed by atoms with van der Waals surface area (Å²) in [6.45, 7) is 7.01. The summed E-state index contributed by atoms with van der Waals surface area (Å²) in [6.07, 6.45) is 7.50. The van der Waals surface area contributed by atoms with Crippen LogP contribution < -0.4 is 5.73 Å². The van der Waals surface area contributed by atoms with Crippen LogP contribution in [0.2, 0.25) is 0 Å². The molecule has 102 valence electrons. The van der Waals surface area contributed by atoms with Gasteiger partial charge in [0, 0.05) is 32.0 Å². The molecule has 0 amide bonds. The Morgan fingerprint density at radius 3 is 2.94 bits per heavy atom. The lowest BCUT2D eigenvalue weighted by Crippen LogP contribution is -2.20. The van der Waals surface area contributed by atoms with Gasteiger partial charge in [0.05, 0.1) is 12.0 Å². The van der Waals surface area contributed by atoms with Crippen molar-refractivity contribution in [1.29, 1.82) is 0 Å². The molecule has 18 heavy (non-hydrogen) atoms. The Kier molecular flexibility index (Phi) is 4.78. The molecule has 0 aromatic carbocycles. The first-order valence-electron chi connectivity index (χ1n) is 7.02. The fourth-order valence-electron chi connectivity index (χ4n) is 2.01. The average Bonchev–Trinajstić information content (AvgIpc) is 3.05. The number of hydrogen-bond acceptors (Lipinski definition) is 3. The highest BCUT2D eigenvalue weighted by Gasteiger charge is 2.21. The van der Waals surface area contributed by atoms with E-state index in [0.717, 1.165) is 37.8 Å². The summed E-state index contributed by atoms with van der Waals surface area (Å²) >= 11 is 0. The zero-order valence-corrected chi connectivity index (χ0v) is 11.5. The minimum Gasteiger partial charge on any atom is -0.381 e. The molecule has 0 aliphatic heterocycles. The summed E-state index contributed by atoms with van der Waals surface area (Å²) in [7, 11) is 0. The minimum atomic E-state index is 0.0693. The Balaban J connectivity index is 1.72. The van der Waals surface area contributed by atoms with Gasteiger partial charge in [-0.2, -0.15) is 0 Å². The van der Waals surface area contributed by atoms with Gasteiger partial charge in [-0.25, -0.2) is 4.98 Å². The molecule has 4 nitrogen and oxygen atoms in total. The van der Waals surface area contributed by atoms with Crippen molar-refractivity contribution in [2.24, 2.45) is 17.6 Å². The van der Waals surface area contributed by atoms with Crippen LogP contribution in [0.4, 0.5) is 0 Å². The van der Waals surface area contributed by atoms with Gasteiger partial charge in [-0.15, -0.1) is 0 Å². The number of ether oxygens (including phenoxy) is 1. The maximum atomic E-state index is 6.17. The van der Waals surface area contributed by atoms with Crippen molar-refractivity contribution < 1.29 is 4.74 Å². The van der Waals surface area contributed by atoms with E-state index in [-0.39, 0.29) is 6.04 Å². The second-order valence-electron chi connectivity index (χ2n) is 5.65. The molecule has 1 saturated carbocycles. The van der Waals surface area contributed by atoms with Crippen molar-refractivity contribution in [3.8, 4) is 0 Å². The van der Waals surface area contributed by atoms with Gasteiger partial charge >= 0.3 is 0 Å². The standard InChI is InChI=1S/C14H25N3O/c1-11(2)14(15)13-8-16-10-17(13)6-3-7-18-9-12-4-5-12/h8,10-12,14H,3-7,9,15H2,1-2H3. The van der Waals surface area contributed by atoms with E-state index in [9.17, 15) is 0 Å². The van der Waals surface area contributed by atoms with Gasteiger partial charge < -0.3 is 15.0 Å². The van der Waals surface area contributed by atoms with E-state index in [4.69, 9.17) is 10.5 Å². The van der Waals surface area contributed by atoms with Crippen molar-refractivity contribution in [1.82, 2.24) is 9.55 Å². The second-order valence-corrected chi connectivity index (χ2v) is 5.65. The normalized spacial score (nSPS) is 17.3. The van der Waals surface area contributed by atoms with Crippen LogP contribution in [-0.2, 0) is 11.3 Å². The molecular formula is C14H25N3O. The van der Waals surface area contributed by atoms with E-state index in [0.29, 0.717) is 5.92 Å². The maximum Gasteiger partial charge on any atom is 0.0948 e. The van der Waals surface area contributed by atoms with Crippen LogP contribution in [0.15, 0.2) is 12.5 Å². The molecule has 1 aliphatic carbocycles. The SMILES string of the molecule is CC(C)C(N)c1cncn1CCCOCC1CC1. The third-order valence-corrected chi connectivity index (χ3v) is 3.54. The number of aryl methyl sites for hydroxylation is 1. The molecule has 2 N–H and O–H groups in total. The Morgan fingerprint density at radius 1 is 1.50 bits per heavy atom. The molecule has 1 aromatic rings. The quantitative estimate of drug-likeness (QED) is 0.722. The molecule has 1 heterocycles. The van der Waals surface area contributed by atoms with Gasteiger partial charge in [-0.1, -0.05) is 13.8 Å². The van der Waals surface area contributed by atoms with Gasteiger partial charge in [0.25, 0.3) is 0 Å². The number of hydrogen-bond donors (Lipinski definition) is 1. The minimum absolute atomic E-state index is 0.0693. The van der Waals surface area contributed by atoms with Gasteiger partial charge in [0.1, 0.15) is 0 Å². The summed E-state index contributed by atoms with van der Waals surface area (Å²) in [5.41, 5.74) is 7.30. The molecule has 0 bridgehead atoms. The first kappa shape index (κ1) is 13.6. The fraction of sp³-hybridized carbons (Fsp3) is 0.786. The molecule has 0 radical (unpaired) electrons. The third-order valence-electron chi connectivity index (χ3n) is 3.54. The lowest BCUT2D eigenvalue weighted by molar-refractivity contribution is 0.119. The van der Waals surface area contributed by atoms with Crippen molar-refractivity contribution in [3.63, 3.8) is 0 Å². The van der Waals surface area contributed by atoms with Crippen LogP contribution in [0.5, 0.6) is 0 Å². The van der Waals surface area contributed by atoms with E-state index in [1.54, 1.807) is 0 Å². The molecule has 1 atom stereocenters. The molecule has 1 aromatic heterocycles. The molecule has 0 saturated heterocycles.